The number of nitrogens with zero attached hydrogens (tertiary/aromatic N) is 1. The van der Waals surface area contributed by atoms with Gasteiger partial charge in [0.25, 0.3) is 0 Å². The molecule has 3 aliphatic heterocycles. The highest BCUT2D eigenvalue weighted by Crippen LogP contribution is 2.36. The quantitative estimate of drug-likeness (QED) is 0.527. The number of hydrogen-bond donors (Lipinski definition) is 1. The molecule has 3 aromatic rings. The minimum absolute atomic E-state index is 0.249. The van der Waals surface area contributed by atoms with Gasteiger partial charge in [-0.25, -0.2) is 4.79 Å². The molecule has 4 heteroatoms. The van der Waals surface area contributed by atoms with Gasteiger partial charge in [0.15, 0.2) is 6.10 Å². The molecule has 30 heavy (non-hydrogen) atoms. The molecule has 1 N–H and O–H groups in total. The molecule has 0 amide bonds. The van der Waals surface area contributed by atoms with E-state index >= 15 is 0 Å². The van der Waals surface area contributed by atoms with Crippen LogP contribution in [0.25, 0.3) is 10.9 Å². The lowest BCUT2D eigenvalue weighted by molar-refractivity contribution is -0.949. The molecular weight excluding hydrogens is 372 g/mol. The minimum Gasteiger partial charge on any atom is -0.447 e. The summed E-state index contributed by atoms with van der Waals surface area (Å²) in [5, 5.41) is 1.06. The number of benzene rings is 2. The topological polar surface area (TPSA) is 43.6 Å². The van der Waals surface area contributed by atoms with E-state index in [2.05, 4.69) is 23.7 Å². The molecule has 3 aliphatic rings. The molecule has 0 saturated carbocycles. The zero-order valence-corrected chi connectivity index (χ0v) is 17.0. The van der Waals surface area contributed by atoms with Gasteiger partial charge in [-0.15, -0.1) is 6.58 Å². The highest BCUT2D eigenvalue weighted by molar-refractivity contribution is 5.90. The van der Waals surface area contributed by atoms with E-state index in [1.54, 1.807) is 0 Å². The Morgan fingerprint density at radius 3 is 2.70 bits per heavy atom. The van der Waals surface area contributed by atoms with Gasteiger partial charge in [0.1, 0.15) is 6.04 Å². The highest BCUT2D eigenvalue weighted by Gasteiger charge is 2.47. The number of ether oxygens (including phenoxy) is 1. The maximum atomic E-state index is 13.1. The Hall–Kier alpha value is -2.98. The fourth-order valence-corrected chi connectivity index (χ4v) is 5.38. The van der Waals surface area contributed by atoms with Crippen molar-refractivity contribution in [3.63, 3.8) is 0 Å². The molecule has 2 aromatic carbocycles. The number of pyridine rings is 1. The Balaban J connectivity index is 1.54. The summed E-state index contributed by atoms with van der Waals surface area (Å²) in [5.74, 6) is 0.921. The third-order valence-corrected chi connectivity index (χ3v) is 6.92. The van der Waals surface area contributed by atoms with Gasteiger partial charge in [0.2, 0.25) is 0 Å². The van der Waals surface area contributed by atoms with Crippen LogP contribution in [0.1, 0.15) is 34.9 Å². The Morgan fingerprint density at radius 1 is 1.13 bits per heavy atom. The summed E-state index contributed by atoms with van der Waals surface area (Å²) in [6.07, 6.45) is 5.93. The predicted octanol–water partition coefficient (Wildman–Crippen LogP) is 3.61. The van der Waals surface area contributed by atoms with Crippen molar-refractivity contribution in [3.8, 4) is 0 Å². The van der Waals surface area contributed by atoms with Crippen molar-refractivity contribution in [1.82, 2.24) is 4.98 Å². The molecule has 2 bridgehead atoms. The van der Waals surface area contributed by atoms with E-state index in [4.69, 9.17) is 4.74 Å². The Morgan fingerprint density at radius 2 is 1.93 bits per heavy atom. The number of fused-ring (bicyclic) bond motifs is 4. The first-order valence-corrected chi connectivity index (χ1v) is 10.8. The second kappa shape index (κ2) is 8.04. The molecule has 0 aliphatic carbocycles. The number of carbonyl (C=O) groups excluding carboxylic acids is 1. The zero-order valence-electron chi connectivity index (χ0n) is 17.0. The second-order valence-corrected chi connectivity index (χ2v) is 8.51. The number of carbonyl (C=O) groups is 1. The van der Waals surface area contributed by atoms with Gasteiger partial charge in [-0.3, -0.25) is 4.98 Å². The van der Waals surface area contributed by atoms with Crippen molar-refractivity contribution in [2.45, 2.75) is 25.0 Å². The van der Waals surface area contributed by atoms with Crippen molar-refractivity contribution in [2.75, 3.05) is 13.1 Å². The fraction of sp³-hybridized carbons (Fsp3) is 0.308. The minimum atomic E-state index is -0.297. The highest BCUT2D eigenvalue weighted by atomic mass is 16.5. The van der Waals surface area contributed by atoms with E-state index in [9.17, 15) is 4.79 Å². The number of rotatable bonds is 5. The van der Waals surface area contributed by atoms with Crippen molar-refractivity contribution in [2.24, 2.45) is 11.8 Å². The third kappa shape index (κ3) is 3.41. The lowest BCUT2D eigenvalue weighted by atomic mass is 9.73. The van der Waals surface area contributed by atoms with Gasteiger partial charge >= 0.3 is 5.97 Å². The first kappa shape index (κ1) is 19.0. The van der Waals surface area contributed by atoms with E-state index in [0.717, 1.165) is 36.0 Å². The number of nitrogens with one attached hydrogen (secondary N) is 1. The van der Waals surface area contributed by atoms with Gasteiger partial charge in [-0.1, -0.05) is 42.5 Å². The summed E-state index contributed by atoms with van der Waals surface area (Å²) in [6.45, 7) is 6.25. The smallest absolute Gasteiger partial charge is 0.338 e. The molecule has 3 fully saturated rings. The van der Waals surface area contributed by atoms with Crippen LogP contribution in [-0.4, -0.2) is 30.1 Å². The molecule has 4 nitrogen and oxygen atoms in total. The van der Waals surface area contributed by atoms with Gasteiger partial charge in [-0.2, -0.15) is 0 Å². The van der Waals surface area contributed by atoms with Crippen molar-refractivity contribution >= 4 is 16.9 Å². The van der Waals surface area contributed by atoms with Crippen molar-refractivity contribution in [1.29, 1.82) is 0 Å². The molecule has 4 heterocycles. The molecular formula is C26H27N2O2+. The molecule has 0 spiro atoms. The molecule has 152 valence electrons. The van der Waals surface area contributed by atoms with Gasteiger partial charge in [-0.05, 0) is 30.2 Å². The molecule has 5 atom stereocenters. The molecule has 0 radical (unpaired) electrons. The Bertz CT molecular complexity index is 1060. The van der Waals surface area contributed by atoms with Gasteiger partial charge < -0.3 is 9.64 Å². The van der Waals surface area contributed by atoms with Gasteiger partial charge in [0, 0.05) is 35.9 Å². The summed E-state index contributed by atoms with van der Waals surface area (Å²) in [7, 11) is 0. The fourth-order valence-electron chi connectivity index (χ4n) is 5.38. The van der Waals surface area contributed by atoms with Crippen LogP contribution in [0.2, 0.25) is 0 Å². The van der Waals surface area contributed by atoms with E-state index in [1.807, 2.05) is 60.8 Å². The molecule has 3 saturated heterocycles. The summed E-state index contributed by atoms with van der Waals surface area (Å²) in [4.78, 5) is 19.1. The predicted molar refractivity (Wildman–Crippen MR) is 117 cm³/mol. The summed E-state index contributed by atoms with van der Waals surface area (Å²) >= 11 is 0. The van der Waals surface area contributed by atoms with Gasteiger partial charge in [0.05, 0.1) is 24.2 Å². The van der Waals surface area contributed by atoms with E-state index in [-0.39, 0.29) is 18.1 Å². The van der Waals surface area contributed by atoms with Crippen LogP contribution in [-0.2, 0) is 4.74 Å². The first-order valence-electron chi connectivity index (χ1n) is 10.8. The average Bonchev–Trinajstić information content (AvgIpc) is 2.83. The average molecular weight is 400 g/mol. The first-order chi connectivity index (χ1) is 14.7. The summed E-state index contributed by atoms with van der Waals surface area (Å²) < 4.78 is 6.28. The van der Waals surface area contributed by atoms with Crippen LogP contribution in [0.5, 0.6) is 0 Å². The van der Waals surface area contributed by atoms with Crippen LogP contribution in [0.3, 0.4) is 0 Å². The van der Waals surface area contributed by atoms with E-state index in [1.165, 1.54) is 11.3 Å². The number of esters is 1. The maximum absolute atomic E-state index is 13.1. The largest absolute Gasteiger partial charge is 0.447 e. The number of hydrogen-bond acceptors (Lipinski definition) is 3. The Labute approximate surface area is 177 Å². The van der Waals surface area contributed by atoms with E-state index < -0.39 is 0 Å². The summed E-state index contributed by atoms with van der Waals surface area (Å²) in [5.41, 5.74) is 2.59. The SMILES string of the molecule is C=C[C@@H]1C[NH+]2CC[C@@H]1C[C@@H]2[C@H](OC(=O)c1ccccc1)c1ccnc2ccccc12. The monoisotopic (exact) mass is 399 g/mol. The molecule has 1 unspecified atom stereocenters. The maximum Gasteiger partial charge on any atom is 0.338 e. The number of para-hydroxylation sites is 1. The lowest BCUT2D eigenvalue weighted by Crippen LogP contribution is -3.20. The third-order valence-electron chi connectivity index (χ3n) is 6.92. The number of piperidine rings is 3. The van der Waals surface area contributed by atoms with Crippen LogP contribution in [0, 0.1) is 11.8 Å². The van der Waals surface area contributed by atoms with Crippen LogP contribution in [0.15, 0.2) is 79.5 Å². The summed E-state index contributed by atoms with van der Waals surface area (Å²) in [6, 6.07) is 19.7. The standard InChI is InChI=1S/C26H26N2O2/c1-2-18-17-28-15-13-20(18)16-24(28)25(30-26(29)19-8-4-3-5-9-19)22-12-14-27-23-11-7-6-10-21(22)23/h2-12,14,18,20,24-25H,1,13,15-17H2/p+1/t18-,20-,24-,25-/m1/s1. The number of aromatic nitrogens is 1. The van der Waals surface area contributed by atoms with Crippen LogP contribution < -0.4 is 4.90 Å². The van der Waals surface area contributed by atoms with Crippen molar-refractivity contribution in [3.05, 3.63) is 90.6 Å². The Kier molecular flexibility index (Phi) is 5.09. The second-order valence-electron chi connectivity index (χ2n) is 8.51. The normalized spacial score (nSPS) is 26.3. The van der Waals surface area contributed by atoms with Crippen LogP contribution in [0.4, 0.5) is 0 Å². The zero-order chi connectivity index (χ0) is 20.5. The molecule has 1 aromatic heterocycles. The van der Waals surface area contributed by atoms with Crippen molar-refractivity contribution < 1.29 is 14.4 Å². The van der Waals surface area contributed by atoms with Crippen LogP contribution >= 0.6 is 0 Å². The number of quaternary nitrogens is 1. The van der Waals surface area contributed by atoms with E-state index in [0.29, 0.717) is 17.4 Å². The molecule has 6 rings (SSSR count). The lowest BCUT2D eigenvalue weighted by Gasteiger charge is -2.48.